The molecule has 4 nitrogen and oxygen atoms in total. The normalized spacial score (nSPS) is 15.7. The molecule has 0 bridgehead atoms. The van der Waals surface area contributed by atoms with Gasteiger partial charge in [-0.25, -0.2) is 4.98 Å². The Hall–Kier alpha value is -1.95. The molecule has 1 saturated heterocycles. The van der Waals surface area contributed by atoms with Gasteiger partial charge >= 0.3 is 0 Å². The van der Waals surface area contributed by atoms with Crippen LogP contribution < -0.4 is 0 Å². The number of nitrogens with zero attached hydrogens (tertiary/aromatic N) is 3. The van der Waals surface area contributed by atoms with Crippen molar-refractivity contribution in [1.29, 1.82) is 0 Å². The molecule has 0 atom stereocenters. The lowest BCUT2D eigenvalue weighted by atomic mass is 10.2. The molecule has 0 amide bonds. The minimum Gasteiger partial charge on any atom is -0.379 e. The van der Waals surface area contributed by atoms with Crippen molar-refractivity contribution in [1.82, 2.24) is 14.5 Å². The van der Waals surface area contributed by atoms with E-state index >= 15 is 0 Å². The zero-order valence-electron chi connectivity index (χ0n) is 13.6. The highest BCUT2D eigenvalue weighted by atomic mass is 32.1. The second-order valence-electron chi connectivity index (χ2n) is 5.93. The van der Waals surface area contributed by atoms with Gasteiger partial charge in [-0.05, 0) is 17.7 Å². The van der Waals surface area contributed by atoms with Gasteiger partial charge in [0, 0.05) is 43.4 Å². The zero-order chi connectivity index (χ0) is 16.2. The molecule has 3 heterocycles. The minimum atomic E-state index is 0.849. The van der Waals surface area contributed by atoms with E-state index < -0.39 is 0 Å². The maximum Gasteiger partial charge on any atom is 0.150 e. The number of thiophene rings is 1. The highest BCUT2D eigenvalue weighted by Gasteiger charge is 2.13. The summed E-state index contributed by atoms with van der Waals surface area (Å²) in [6, 6.07) is 14.9. The van der Waals surface area contributed by atoms with Gasteiger partial charge in [-0.15, -0.1) is 11.3 Å². The summed E-state index contributed by atoms with van der Waals surface area (Å²) in [5.74, 6) is 1.07. The molecule has 124 valence electrons. The van der Waals surface area contributed by atoms with Gasteiger partial charge in [0.1, 0.15) is 5.82 Å². The molecule has 1 fully saturated rings. The van der Waals surface area contributed by atoms with Gasteiger partial charge in [-0.3, -0.25) is 4.90 Å². The van der Waals surface area contributed by atoms with Crippen LogP contribution in [-0.2, 0) is 11.3 Å². The SMILES string of the molecule is c1ccc(-c2ccc(-c3nccn3CCN3CCOCC3)s2)cc1. The molecule has 24 heavy (non-hydrogen) atoms. The van der Waals surface area contributed by atoms with Crippen LogP contribution >= 0.6 is 11.3 Å². The van der Waals surface area contributed by atoms with Crippen LogP contribution in [0.15, 0.2) is 54.9 Å². The van der Waals surface area contributed by atoms with Gasteiger partial charge in [0.05, 0.1) is 18.1 Å². The monoisotopic (exact) mass is 339 g/mol. The number of morpholine rings is 1. The van der Waals surface area contributed by atoms with Crippen molar-refractivity contribution in [3.05, 3.63) is 54.9 Å². The Bertz CT molecular complexity index is 775. The summed E-state index contributed by atoms with van der Waals surface area (Å²) in [7, 11) is 0. The van der Waals surface area contributed by atoms with Crippen molar-refractivity contribution < 1.29 is 4.74 Å². The summed E-state index contributed by atoms with van der Waals surface area (Å²) >= 11 is 1.80. The van der Waals surface area contributed by atoms with Gasteiger partial charge in [0.15, 0.2) is 0 Å². The average molecular weight is 339 g/mol. The molecule has 0 radical (unpaired) electrons. The molecule has 2 aromatic heterocycles. The van der Waals surface area contributed by atoms with Crippen LogP contribution in [0.5, 0.6) is 0 Å². The molecule has 4 rings (SSSR count). The van der Waals surface area contributed by atoms with E-state index in [0.717, 1.165) is 45.2 Å². The van der Waals surface area contributed by atoms with Crippen LogP contribution in [0.3, 0.4) is 0 Å². The summed E-state index contributed by atoms with van der Waals surface area (Å²) in [4.78, 5) is 9.55. The zero-order valence-corrected chi connectivity index (χ0v) is 14.4. The van der Waals surface area contributed by atoms with Crippen LogP contribution in [0.4, 0.5) is 0 Å². The number of imidazole rings is 1. The van der Waals surface area contributed by atoms with Crippen molar-refractivity contribution in [2.45, 2.75) is 6.54 Å². The first-order chi connectivity index (χ1) is 11.9. The van der Waals surface area contributed by atoms with Gasteiger partial charge in [-0.1, -0.05) is 30.3 Å². The topological polar surface area (TPSA) is 30.3 Å². The molecular formula is C19H21N3OS. The summed E-state index contributed by atoms with van der Waals surface area (Å²) in [6.07, 6.45) is 3.98. The third-order valence-electron chi connectivity index (χ3n) is 4.36. The van der Waals surface area contributed by atoms with Crippen LogP contribution in [0.1, 0.15) is 0 Å². The van der Waals surface area contributed by atoms with Crippen molar-refractivity contribution >= 4 is 11.3 Å². The van der Waals surface area contributed by atoms with E-state index in [0.29, 0.717) is 0 Å². The molecule has 0 aliphatic carbocycles. The fraction of sp³-hybridized carbons (Fsp3) is 0.316. The summed E-state index contributed by atoms with van der Waals surface area (Å²) < 4.78 is 7.68. The molecule has 1 aromatic carbocycles. The number of benzene rings is 1. The van der Waals surface area contributed by atoms with Gasteiger partial charge in [0.2, 0.25) is 0 Å². The van der Waals surface area contributed by atoms with E-state index in [4.69, 9.17) is 4.74 Å². The van der Waals surface area contributed by atoms with Gasteiger partial charge in [0.25, 0.3) is 0 Å². The molecule has 1 aliphatic rings. The fourth-order valence-corrected chi connectivity index (χ4v) is 4.03. The first-order valence-electron chi connectivity index (χ1n) is 8.37. The van der Waals surface area contributed by atoms with E-state index in [1.807, 2.05) is 6.20 Å². The van der Waals surface area contributed by atoms with Crippen LogP contribution in [0.2, 0.25) is 0 Å². The van der Waals surface area contributed by atoms with Crippen LogP contribution in [-0.4, -0.2) is 47.3 Å². The molecule has 3 aromatic rings. The molecule has 5 heteroatoms. The lowest BCUT2D eigenvalue weighted by Gasteiger charge is -2.26. The minimum absolute atomic E-state index is 0.849. The molecular weight excluding hydrogens is 318 g/mol. The van der Waals surface area contributed by atoms with Gasteiger partial charge < -0.3 is 9.30 Å². The quantitative estimate of drug-likeness (QED) is 0.711. The second-order valence-corrected chi connectivity index (χ2v) is 7.01. The Morgan fingerprint density at radius 2 is 1.75 bits per heavy atom. The number of aromatic nitrogens is 2. The predicted octanol–water partition coefficient (Wildman–Crippen LogP) is 3.61. The molecule has 0 N–H and O–H groups in total. The van der Waals surface area contributed by atoms with Crippen molar-refractivity contribution in [3.63, 3.8) is 0 Å². The number of hydrogen-bond donors (Lipinski definition) is 0. The van der Waals surface area contributed by atoms with Crippen LogP contribution in [0, 0.1) is 0 Å². The lowest BCUT2D eigenvalue weighted by Crippen LogP contribution is -2.38. The van der Waals surface area contributed by atoms with Crippen molar-refractivity contribution in [2.75, 3.05) is 32.8 Å². The Morgan fingerprint density at radius 1 is 0.958 bits per heavy atom. The van der Waals surface area contributed by atoms with Crippen molar-refractivity contribution in [3.8, 4) is 21.1 Å². The van der Waals surface area contributed by atoms with E-state index in [1.165, 1.54) is 15.3 Å². The Labute approximate surface area is 146 Å². The Balaban J connectivity index is 1.49. The van der Waals surface area contributed by atoms with Crippen LogP contribution in [0.25, 0.3) is 21.1 Å². The number of hydrogen-bond acceptors (Lipinski definition) is 4. The predicted molar refractivity (Wildman–Crippen MR) is 98.2 cm³/mol. The van der Waals surface area contributed by atoms with E-state index in [2.05, 4.69) is 63.1 Å². The third-order valence-corrected chi connectivity index (χ3v) is 5.49. The van der Waals surface area contributed by atoms with Gasteiger partial charge in [-0.2, -0.15) is 0 Å². The molecule has 1 aliphatic heterocycles. The smallest absolute Gasteiger partial charge is 0.150 e. The fourth-order valence-electron chi connectivity index (χ4n) is 3.00. The maximum absolute atomic E-state index is 5.42. The van der Waals surface area contributed by atoms with Crippen molar-refractivity contribution in [2.24, 2.45) is 0 Å². The van der Waals surface area contributed by atoms with E-state index in [1.54, 1.807) is 11.3 Å². The Morgan fingerprint density at radius 3 is 2.58 bits per heavy atom. The summed E-state index contributed by atoms with van der Waals surface area (Å²) in [5.41, 5.74) is 1.26. The second kappa shape index (κ2) is 7.30. The first kappa shape index (κ1) is 15.6. The highest BCUT2D eigenvalue weighted by Crippen LogP contribution is 2.33. The highest BCUT2D eigenvalue weighted by molar-refractivity contribution is 7.18. The molecule has 0 spiro atoms. The lowest BCUT2D eigenvalue weighted by molar-refractivity contribution is 0.0364. The standard InChI is InChI=1S/C19H21N3OS/c1-2-4-16(5-3-1)17-6-7-18(24-17)19-20-8-9-22(19)11-10-21-12-14-23-15-13-21/h1-9H,10-15H2. The third kappa shape index (κ3) is 3.43. The molecule has 0 saturated carbocycles. The summed E-state index contributed by atoms with van der Waals surface area (Å²) in [6.45, 7) is 5.77. The van der Waals surface area contributed by atoms with E-state index in [-0.39, 0.29) is 0 Å². The number of ether oxygens (including phenoxy) is 1. The Kier molecular flexibility index (Phi) is 4.74. The largest absolute Gasteiger partial charge is 0.379 e. The van der Waals surface area contributed by atoms with E-state index in [9.17, 15) is 0 Å². The maximum atomic E-state index is 5.42. The first-order valence-corrected chi connectivity index (χ1v) is 9.19. The molecule has 0 unspecified atom stereocenters. The number of rotatable bonds is 5. The average Bonchev–Trinajstić information content (AvgIpc) is 3.31. The summed E-state index contributed by atoms with van der Waals surface area (Å²) in [5, 5.41) is 0.